The van der Waals surface area contributed by atoms with Gasteiger partial charge in [0.15, 0.2) is 0 Å². The molecule has 22 heavy (non-hydrogen) atoms. The first-order valence-corrected chi connectivity index (χ1v) is 7.40. The average molecular weight is 302 g/mol. The van der Waals surface area contributed by atoms with E-state index in [1.165, 1.54) is 0 Å². The van der Waals surface area contributed by atoms with Crippen LogP contribution in [0.2, 0.25) is 0 Å². The Kier molecular flexibility index (Phi) is 5.35. The highest BCUT2D eigenvalue weighted by atomic mass is 16.7. The Bertz CT molecular complexity index is 655. The molecular formula is C17H22N2O3. The monoisotopic (exact) mass is 302 g/mol. The fourth-order valence-corrected chi connectivity index (χ4v) is 2.37. The van der Waals surface area contributed by atoms with Gasteiger partial charge in [-0.2, -0.15) is 0 Å². The van der Waals surface area contributed by atoms with Crippen LogP contribution in [0.3, 0.4) is 0 Å². The number of carbonyl (C=O) groups is 1. The maximum absolute atomic E-state index is 12.1. The molecule has 0 heterocycles. The Morgan fingerprint density at radius 3 is 2.45 bits per heavy atom. The fraction of sp³-hybridized carbons (Fsp3) is 0.353. The Morgan fingerprint density at radius 1 is 1.18 bits per heavy atom. The SMILES string of the molecule is CC(C)CC(C)ONNC(=O)c1cc2ccccc2cc1O. The first-order valence-electron chi connectivity index (χ1n) is 7.40. The predicted molar refractivity (Wildman–Crippen MR) is 86.2 cm³/mol. The first-order chi connectivity index (χ1) is 10.5. The van der Waals surface area contributed by atoms with Gasteiger partial charge in [-0.3, -0.25) is 15.1 Å². The molecule has 1 unspecified atom stereocenters. The maximum Gasteiger partial charge on any atom is 0.270 e. The van der Waals surface area contributed by atoms with Gasteiger partial charge in [-0.25, -0.2) is 0 Å². The van der Waals surface area contributed by atoms with E-state index in [9.17, 15) is 9.90 Å². The lowest BCUT2D eigenvalue weighted by atomic mass is 10.1. The van der Waals surface area contributed by atoms with Gasteiger partial charge >= 0.3 is 0 Å². The number of phenols is 1. The lowest BCUT2D eigenvalue weighted by Crippen LogP contribution is -2.39. The van der Waals surface area contributed by atoms with Crippen LogP contribution < -0.4 is 11.0 Å². The van der Waals surface area contributed by atoms with Crippen LogP contribution in [0, 0.1) is 5.92 Å². The molecule has 0 fully saturated rings. The number of benzene rings is 2. The molecule has 0 bridgehead atoms. The second-order valence-electron chi connectivity index (χ2n) is 5.83. The van der Waals surface area contributed by atoms with Crippen molar-refractivity contribution in [1.82, 2.24) is 11.0 Å². The number of rotatable bonds is 6. The van der Waals surface area contributed by atoms with Crippen molar-refractivity contribution >= 4 is 16.7 Å². The van der Waals surface area contributed by atoms with Gasteiger partial charge in [0, 0.05) is 0 Å². The summed E-state index contributed by atoms with van der Waals surface area (Å²) >= 11 is 0. The smallest absolute Gasteiger partial charge is 0.270 e. The molecule has 0 radical (unpaired) electrons. The molecule has 3 N–H and O–H groups in total. The molecule has 0 saturated carbocycles. The summed E-state index contributed by atoms with van der Waals surface area (Å²) in [6, 6.07) is 10.8. The van der Waals surface area contributed by atoms with Gasteiger partial charge < -0.3 is 5.11 Å². The largest absolute Gasteiger partial charge is 0.507 e. The highest BCUT2D eigenvalue weighted by Crippen LogP contribution is 2.24. The second kappa shape index (κ2) is 7.24. The number of hydrazine groups is 1. The van der Waals surface area contributed by atoms with Gasteiger partial charge in [-0.1, -0.05) is 38.1 Å². The standard InChI is InChI=1S/C17H22N2O3/c1-11(2)8-12(3)22-19-18-17(21)15-9-13-6-4-5-7-14(13)10-16(15)20/h4-7,9-12,19-20H,8H2,1-3H3,(H,18,21). The lowest BCUT2D eigenvalue weighted by Gasteiger charge is -2.16. The van der Waals surface area contributed by atoms with Gasteiger partial charge in [0.2, 0.25) is 0 Å². The number of hydrogen-bond acceptors (Lipinski definition) is 4. The molecule has 0 aliphatic carbocycles. The summed E-state index contributed by atoms with van der Waals surface area (Å²) in [5, 5.41) is 11.7. The molecule has 118 valence electrons. The molecule has 0 aliphatic rings. The van der Waals surface area contributed by atoms with E-state index in [-0.39, 0.29) is 17.4 Å². The highest BCUT2D eigenvalue weighted by molar-refractivity contribution is 6.01. The molecule has 5 nitrogen and oxygen atoms in total. The van der Waals surface area contributed by atoms with Crippen molar-refractivity contribution in [2.45, 2.75) is 33.3 Å². The van der Waals surface area contributed by atoms with Crippen LogP contribution in [0.4, 0.5) is 0 Å². The highest BCUT2D eigenvalue weighted by Gasteiger charge is 2.13. The lowest BCUT2D eigenvalue weighted by molar-refractivity contribution is -0.0431. The predicted octanol–water partition coefficient (Wildman–Crippen LogP) is 3.15. The number of hydrogen-bond donors (Lipinski definition) is 3. The third-order valence-electron chi connectivity index (χ3n) is 3.34. The summed E-state index contributed by atoms with van der Waals surface area (Å²) in [6.45, 7) is 6.13. The number of carbonyl (C=O) groups excluding carboxylic acids is 1. The van der Waals surface area contributed by atoms with E-state index in [4.69, 9.17) is 4.84 Å². The van der Waals surface area contributed by atoms with Crippen LogP contribution in [0.15, 0.2) is 36.4 Å². The van der Waals surface area contributed by atoms with Crippen LogP contribution in [0.1, 0.15) is 37.6 Å². The molecule has 2 aromatic rings. The Morgan fingerprint density at radius 2 is 1.82 bits per heavy atom. The molecule has 5 heteroatoms. The Hall–Kier alpha value is -2.11. The van der Waals surface area contributed by atoms with Crippen LogP contribution in [-0.2, 0) is 4.84 Å². The minimum atomic E-state index is -0.444. The minimum Gasteiger partial charge on any atom is -0.507 e. The van der Waals surface area contributed by atoms with Crippen molar-refractivity contribution < 1.29 is 14.7 Å². The third kappa shape index (κ3) is 4.19. The molecule has 0 aromatic heterocycles. The van der Waals surface area contributed by atoms with Crippen molar-refractivity contribution in [2.24, 2.45) is 5.92 Å². The normalized spacial score (nSPS) is 12.5. The average Bonchev–Trinajstić information content (AvgIpc) is 2.45. The quantitative estimate of drug-likeness (QED) is 0.717. The molecule has 0 saturated heterocycles. The van der Waals surface area contributed by atoms with Crippen molar-refractivity contribution in [3.05, 3.63) is 42.0 Å². The zero-order chi connectivity index (χ0) is 16.1. The van der Waals surface area contributed by atoms with Crippen LogP contribution in [0.5, 0.6) is 5.75 Å². The summed E-state index contributed by atoms with van der Waals surface area (Å²) in [5.74, 6) is 0.00487. The molecule has 0 aliphatic heterocycles. The van der Waals surface area contributed by atoms with Gasteiger partial charge in [-0.15, -0.1) is 5.59 Å². The zero-order valence-electron chi connectivity index (χ0n) is 13.1. The van der Waals surface area contributed by atoms with E-state index >= 15 is 0 Å². The van der Waals surface area contributed by atoms with Crippen LogP contribution in [0.25, 0.3) is 10.8 Å². The summed E-state index contributed by atoms with van der Waals surface area (Å²) < 4.78 is 0. The fourth-order valence-electron chi connectivity index (χ4n) is 2.37. The van der Waals surface area contributed by atoms with Crippen LogP contribution in [-0.4, -0.2) is 17.1 Å². The van der Waals surface area contributed by atoms with Crippen molar-refractivity contribution in [3.63, 3.8) is 0 Å². The van der Waals surface area contributed by atoms with E-state index in [2.05, 4.69) is 24.9 Å². The molecule has 1 amide bonds. The van der Waals surface area contributed by atoms with Crippen molar-refractivity contribution in [3.8, 4) is 5.75 Å². The van der Waals surface area contributed by atoms with E-state index in [1.807, 2.05) is 31.2 Å². The first kappa shape index (κ1) is 16.3. The second-order valence-corrected chi connectivity index (χ2v) is 5.83. The van der Waals surface area contributed by atoms with E-state index in [1.54, 1.807) is 12.1 Å². The summed E-state index contributed by atoms with van der Waals surface area (Å²) in [4.78, 5) is 17.4. The van der Waals surface area contributed by atoms with Crippen molar-refractivity contribution in [1.29, 1.82) is 0 Å². The number of phenolic OH excluding ortho intramolecular Hbond substituents is 1. The summed E-state index contributed by atoms with van der Waals surface area (Å²) in [5.41, 5.74) is 5.09. The Balaban J connectivity index is 1.99. The molecular weight excluding hydrogens is 280 g/mol. The number of amides is 1. The van der Waals surface area contributed by atoms with Gasteiger partial charge in [0.25, 0.3) is 5.91 Å². The number of fused-ring (bicyclic) bond motifs is 1. The molecule has 2 rings (SSSR count). The summed E-state index contributed by atoms with van der Waals surface area (Å²) in [6.07, 6.45) is 0.856. The number of aromatic hydroxyl groups is 1. The van der Waals surface area contributed by atoms with Crippen molar-refractivity contribution in [2.75, 3.05) is 0 Å². The maximum atomic E-state index is 12.1. The molecule has 0 spiro atoms. The minimum absolute atomic E-state index is 0.0227. The topological polar surface area (TPSA) is 70.6 Å². The van der Waals surface area contributed by atoms with E-state index < -0.39 is 5.91 Å². The van der Waals surface area contributed by atoms with E-state index in [0.717, 1.165) is 17.2 Å². The van der Waals surface area contributed by atoms with Crippen LogP contribution >= 0.6 is 0 Å². The molecule has 2 aromatic carbocycles. The van der Waals surface area contributed by atoms with Gasteiger partial charge in [0.1, 0.15) is 5.75 Å². The zero-order valence-corrected chi connectivity index (χ0v) is 13.1. The summed E-state index contributed by atoms with van der Waals surface area (Å²) in [7, 11) is 0. The number of nitrogens with one attached hydrogen (secondary N) is 2. The van der Waals surface area contributed by atoms with E-state index in [0.29, 0.717) is 5.92 Å². The van der Waals surface area contributed by atoms with Gasteiger partial charge in [-0.05, 0) is 42.2 Å². The van der Waals surface area contributed by atoms with Gasteiger partial charge in [0.05, 0.1) is 11.7 Å². The third-order valence-corrected chi connectivity index (χ3v) is 3.34. The Labute approximate surface area is 130 Å². The molecule has 1 atom stereocenters.